The fraction of sp³-hybridized carbons (Fsp3) is 0.600. The highest BCUT2D eigenvalue weighted by Gasteiger charge is 2.23. The molecular formula is C20H29NO5. The van der Waals surface area contributed by atoms with Crippen LogP contribution in [0.2, 0.25) is 0 Å². The van der Waals surface area contributed by atoms with Crippen molar-refractivity contribution in [1.82, 2.24) is 5.32 Å². The van der Waals surface area contributed by atoms with Crippen LogP contribution in [-0.2, 0) is 9.53 Å². The lowest BCUT2D eigenvalue weighted by atomic mass is 9.86. The van der Waals surface area contributed by atoms with E-state index in [4.69, 9.17) is 14.2 Å². The van der Waals surface area contributed by atoms with Crippen molar-refractivity contribution in [2.75, 3.05) is 19.8 Å². The molecule has 0 aromatic heterocycles. The lowest BCUT2D eigenvalue weighted by molar-refractivity contribution is -0.125. The van der Waals surface area contributed by atoms with Crippen molar-refractivity contribution in [3.63, 3.8) is 0 Å². The molecule has 1 aromatic carbocycles. The molecular weight excluding hydrogens is 334 g/mol. The number of amides is 1. The monoisotopic (exact) mass is 363 g/mol. The molecule has 2 atom stereocenters. The molecule has 0 radical (unpaired) electrons. The van der Waals surface area contributed by atoms with Gasteiger partial charge in [0.2, 0.25) is 0 Å². The third kappa shape index (κ3) is 5.64. The van der Waals surface area contributed by atoms with E-state index in [0.29, 0.717) is 36.2 Å². The highest BCUT2D eigenvalue weighted by Crippen LogP contribution is 2.29. The van der Waals surface area contributed by atoms with Crippen LogP contribution in [0.1, 0.15) is 56.8 Å². The van der Waals surface area contributed by atoms with E-state index in [9.17, 15) is 9.59 Å². The zero-order chi connectivity index (χ0) is 18.9. The lowest BCUT2D eigenvalue weighted by Gasteiger charge is -2.29. The summed E-state index contributed by atoms with van der Waals surface area (Å²) in [5, 5.41) is 2.97. The first-order chi connectivity index (χ1) is 12.5. The highest BCUT2D eigenvalue weighted by molar-refractivity contribution is 5.92. The number of hydrogen-bond acceptors (Lipinski definition) is 5. The Bertz CT molecular complexity index is 616. The summed E-state index contributed by atoms with van der Waals surface area (Å²) in [7, 11) is 0. The Labute approximate surface area is 155 Å². The van der Waals surface area contributed by atoms with Crippen LogP contribution >= 0.6 is 0 Å². The molecule has 0 bridgehead atoms. The average molecular weight is 363 g/mol. The van der Waals surface area contributed by atoms with Gasteiger partial charge in [0.05, 0.1) is 18.8 Å². The predicted octanol–water partition coefficient (Wildman–Crippen LogP) is 3.34. The maximum Gasteiger partial charge on any atom is 0.338 e. The van der Waals surface area contributed by atoms with Crippen molar-refractivity contribution >= 4 is 11.9 Å². The van der Waals surface area contributed by atoms with Gasteiger partial charge in [0.15, 0.2) is 18.1 Å². The Kier molecular flexibility index (Phi) is 7.75. The molecule has 0 heterocycles. The quantitative estimate of drug-likeness (QED) is 0.717. The van der Waals surface area contributed by atoms with Gasteiger partial charge in [-0.15, -0.1) is 0 Å². The van der Waals surface area contributed by atoms with Gasteiger partial charge in [-0.3, -0.25) is 4.79 Å². The molecule has 0 spiro atoms. The fourth-order valence-electron chi connectivity index (χ4n) is 3.17. The van der Waals surface area contributed by atoms with Crippen molar-refractivity contribution in [1.29, 1.82) is 0 Å². The highest BCUT2D eigenvalue weighted by atomic mass is 16.5. The number of rotatable bonds is 8. The first-order valence-electron chi connectivity index (χ1n) is 9.41. The van der Waals surface area contributed by atoms with E-state index in [-0.39, 0.29) is 18.6 Å². The van der Waals surface area contributed by atoms with Crippen molar-refractivity contribution in [2.24, 2.45) is 5.92 Å². The minimum absolute atomic E-state index is 0.171. The van der Waals surface area contributed by atoms with Gasteiger partial charge in [-0.2, -0.15) is 0 Å². The summed E-state index contributed by atoms with van der Waals surface area (Å²) in [5.41, 5.74) is 0.329. The van der Waals surface area contributed by atoms with Gasteiger partial charge < -0.3 is 19.5 Å². The predicted molar refractivity (Wildman–Crippen MR) is 98.6 cm³/mol. The molecule has 1 aromatic rings. The number of carbonyl (C=O) groups is 2. The minimum Gasteiger partial charge on any atom is -0.490 e. The molecule has 0 aliphatic heterocycles. The molecule has 26 heavy (non-hydrogen) atoms. The topological polar surface area (TPSA) is 73.9 Å². The molecule has 144 valence electrons. The Balaban J connectivity index is 1.90. The first-order valence-corrected chi connectivity index (χ1v) is 9.41. The second-order valence-electron chi connectivity index (χ2n) is 6.54. The molecule has 6 heteroatoms. The van der Waals surface area contributed by atoms with Gasteiger partial charge in [0.1, 0.15) is 0 Å². The number of hydrogen-bond donors (Lipinski definition) is 1. The summed E-state index contributed by atoms with van der Waals surface area (Å²) in [6, 6.07) is 5.04. The summed E-state index contributed by atoms with van der Waals surface area (Å²) < 4.78 is 16.1. The first kappa shape index (κ1) is 20.1. The second kappa shape index (κ2) is 10.0. The maximum absolute atomic E-state index is 12.2. The largest absolute Gasteiger partial charge is 0.490 e. The summed E-state index contributed by atoms with van der Waals surface area (Å²) in [6.45, 7) is 6.57. The SMILES string of the molecule is CCOc1ccc(C(=O)OCC(=O)N[C@@H]2CCCC[C@H]2C)cc1OCC. The Morgan fingerprint density at radius 2 is 1.77 bits per heavy atom. The van der Waals surface area contributed by atoms with E-state index < -0.39 is 5.97 Å². The van der Waals surface area contributed by atoms with Crippen LogP contribution in [0.5, 0.6) is 11.5 Å². The van der Waals surface area contributed by atoms with Crippen molar-refractivity contribution in [3.8, 4) is 11.5 Å². The molecule has 2 rings (SSSR count). The molecule has 0 saturated heterocycles. The Morgan fingerprint density at radius 3 is 2.46 bits per heavy atom. The van der Waals surface area contributed by atoms with Crippen LogP contribution in [0.4, 0.5) is 0 Å². The summed E-state index contributed by atoms with van der Waals surface area (Å²) in [6.07, 6.45) is 4.44. The molecule has 6 nitrogen and oxygen atoms in total. The molecule has 1 amide bonds. The number of benzene rings is 1. The maximum atomic E-state index is 12.2. The van der Waals surface area contributed by atoms with Crippen molar-refractivity contribution in [2.45, 2.75) is 52.5 Å². The number of carbonyl (C=O) groups excluding carboxylic acids is 2. The smallest absolute Gasteiger partial charge is 0.338 e. The normalized spacial score (nSPS) is 19.5. The van der Waals surface area contributed by atoms with E-state index in [0.717, 1.165) is 19.3 Å². The van der Waals surface area contributed by atoms with Gasteiger partial charge in [0.25, 0.3) is 5.91 Å². The van der Waals surface area contributed by atoms with Crippen LogP contribution in [0.3, 0.4) is 0 Å². The Hall–Kier alpha value is -2.24. The van der Waals surface area contributed by atoms with Crippen LogP contribution in [-0.4, -0.2) is 37.7 Å². The molecule has 1 aliphatic rings. The number of ether oxygens (including phenoxy) is 3. The lowest BCUT2D eigenvalue weighted by Crippen LogP contribution is -2.42. The van der Waals surface area contributed by atoms with E-state index in [1.165, 1.54) is 6.42 Å². The summed E-state index contributed by atoms with van der Waals surface area (Å²) in [5.74, 6) is 0.719. The Morgan fingerprint density at radius 1 is 1.08 bits per heavy atom. The number of nitrogens with one attached hydrogen (secondary N) is 1. The summed E-state index contributed by atoms with van der Waals surface area (Å²) in [4.78, 5) is 24.3. The fourth-order valence-corrected chi connectivity index (χ4v) is 3.17. The van der Waals surface area contributed by atoms with Crippen molar-refractivity contribution < 1.29 is 23.8 Å². The van der Waals surface area contributed by atoms with Crippen LogP contribution in [0, 0.1) is 5.92 Å². The zero-order valence-electron chi connectivity index (χ0n) is 15.9. The average Bonchev–Trinajstić information content (AvgIpc) is 2.63. The minimum atomic E-state index is -0.555. The van der Waals surface area contributed by atoms with Gasteiger partial charge >= 0.3 is 5.97 Å². The van der Waals surface area contributed by atoms with E-state index in [2.05, 4.69) is 12.2 Å². The van der Waals surface area contributed by atoms with E-state index >= 15 is 0 Å². The van der Waals surface area contributed by atoms with Crippen molar-refractivity contribution in [3.05, 3.63) is 23.8 Å². The molecule has 1 aliphatic carbocycles. The van der Waals surface area contributed by atoms with Gasteiger partial charge in [-0.05, 0) is 50.8 Å². The number of esters is 1. The zero-order valence-corrected chi connectivity index (χ0v) is 15.9. The third-order valence-corrected chi connectivity index (χ3v) is 4.57. The molecule has 1 fully saturated rings. The molecule has 1 saturated carbocycles. The van der Waals surface area contributed by atoms with Crippen LogP contribution < -0.4 is 14.8 Å². The van der Waals surface area contributed by atoms with Crippen LogP contribution in [0.15, 0.2) is 18.2 Å². The summed E-state index contributed by atoms with van der Waals surface area (Å²) >= 11 is 0. The third-order valence-electron chi connectivity index (χ3n) is 4.57. The molecule has 1 N–H and O–H groups in total. The standard InChI is InChI=1S/C20H29NO5/c1-4-24-17-11-10-15(12-18(17)25-5-2)20(23)26-13-19(22)21-16-9-7-6-8-14(16)3/h10-12,14,16H,4-9,13H2,1-3H3,(H,21,22)/t14-,16-/m1/s1. The van der Waals surface area contributed by atoms with Crippen LogP contribution in [0.25, 0.3) is 0 Å². The van der Waals surface area contributed by atoms with Gasteiger partial charge in [-0.1, -0.05) is 19.8 Å². The van der Waals surface area contributed by atoms with Gasteiger partial charge in [-0.25, -0.2) is 4.79 Å². The molecule has 0 unspecified atom stereocenters. The van der Waals surface area contributed by atoms with Gasteiger partial charge in [0, 0.05) is 6.04 Å². The van der Waals surface area contributed by atoms with E-state index in [1.54, 1.807) is 18.2 Å². The second-order valence-corrected chi connectivity index (χ2v) is 6.54. The van der Waals surface area contributed by atoms with E-state index in [1.807, 2.05) is 13.8 Å².